The van der Waals surface area contributed by atoms with Gasteiger partial charge in [-0.25, -0.2) is 9.18 Å². The molecule has 1 aliphatic rings. The summed E-state index contributed by atoms with van der Waals surface area (Å²) in [6, 6.07) is 10.9. The van der Waals surface area contributed by atoms with Crippen LogP contribution in [0.15, 0.2) is 48.5 Å². The molecule has 0 saturated heterocycles. The van der Waals surface area contributed by atoms with Gasteiger partial charge in [0.1, 0.15) is 5.82 Å². The first-order valence-electron chi connectivity index (χ1n) is 7.86. The van der Waals surface area contributed by atoms with Crippen LogP contribution in [0.5, 0.6) is 11.5 Å². The van der Waals surface area contributed by atoms with Crippen LogP contribution in [-0.4, -0.2) is 24.8 Å². The summed E-state index contributed by atoms with van der Waals surface area (Å²) in [7, 11) is 0. The van der Waals surface area contributed by atoms with E-state index in [1.54, 1.807) is 30.3 Å². The van der Waals surface area contributed by atoms with E-state index in [0.29, 0.717) is 17.2 Å². The van der Waals surface area contributed by atoms with Crippen molar-refractivity contribution in [3.8, 4) is 11.5 Å². The van der Waals surface area contributed by atoms with Crippen molar-refractivity contribution >= 4 is 23.6 Å². The molecule has 2 aromatic rings. The van der Waals surface area contributed by atoms with E-state index in [1.165, 1.54) is 25.1 Å². The maximum atomic E-state index is 13.5. The molecule has 0 saturated carbocycles. The molecule has 1 aliphatic heterocycles. The van der Waals surface area contributed by atoms with Crippen molar-refractivity contribution in [2.75, 3.05) is 12.1 Å². The van der Waals surface area contributed by atoms with Crippen LogP contribution in [0.4, 0.5) is 10.1 Å². The van der Waals surface area contributed by atoms with Crippen molar-refractivity contribution in [1.82, 2.24) is 0 Å². The predicted octanol–water partition coefficient (Wildman–Crippen LogP) is 3.14. The average molecular weight is 357 g/mol. The Morgan fingerprint density at radius 2 is 1.96 bits per heavy atom. The van der Waals surface area contributed by atoms with Crippen LogP contribution >= 0.6 is 0 Å². The molecule has 1 amide bonds. The van der Waals surface area contributed by atoms with Crippen LogP contribution in [0.1, 0.15) is 12.5 Å². The van der Waals surface area contributed by atoms with Gasteiger partial charge in [0.25, 0.3) is 5.91 Å². The van der Waals surface area contributed by atoms with Gasteiger partial charge in [0.15, 0.2) is 17.6 Å². The summed E-state index contributed by atoms with van der Waals surface area (Å²) < 4.78 is 28.9. The standard InChI is InChI=1S/C19H16FNO5/c1-12(26-18(22)9-6-13-4-2-3-5-15(13)20)19(23)21-14-7-8-16-17(10-14)25-11-24-16/h2-10,12H,11H2,1H3,(H,21,23)/b9-6+/t12-/m1/s1. The Bertz CT molecular complexity index is 865. The van der Waals surface area contributed by atoms with Crippen molar-refractivity contribution < 1.29 is 28.2 Å². The highest BCUT2D eigenvalue weighted by molar-refractivity contribution is 5.96. The van der Waals surface area contributed by atoms with Crippen molar-refractivity contribution in [2.24, 2.45) is 0 Å². The van der Waals surface area contributed by atoms with E-state index in [0.717, 1.165) is 6.08 Å². The van der Waals surface area contributed by atoms with Crippen LogP contribution in [-0.2, 0) is 14.3 Å². The number of carbonyl (C=O) groups is 2. The number of fused-ring (bicyclic) bond motifs is 1. The van der Waals surface area contributed by atoms with Crippen molar-refractivity contribution in [1.29, 1.82) is 0 Å². The minimum Gasteiger partial charge on any atom is -0.454 e. The Labute approximate surface area is 149 Å². The molecule has 134 valence electrons. The van der Waals surface area contributed by atoms with Gasteiger partial charge in [-0.3, -0.25) is 4.79 Å². The Hall–Kier alpha value is -3.35. The molecule has 1 heterocycles. The van der Waals surface area contributed by atoms with E-state index < -0.39 is 23.8 Å². The number of halogens is 1. The van der Waals surface area contributed by atoms with Gasteiger partial charge < -0.3 is 19.5 Å². The number of rotatable bonds is 5. The summed E-state index contributed by atoms with van der Waals surface area (Å²) in [5, 5.41) is 2.62. The molecule has 2 aromatic carbocycles. The minimum absolute atomic E-state index is 0.134. The molecule has 0 unspecified atom stereocenters. The molecule has 1 N–H and O–H groups in total. The Morgan fingerprint density at radius 1 is 1.19 bits per heavy atom. The molecule has 0 radical (unpaired) electrons. The number of amides is 1. The monoisotopic (exact) mass is 357 g/mol. The van der Waals surface area contributed by atoms with Gasteiger partial charge in [-0.2, -0.15) is 0 Å². The van der Waals surface area contributed by atoms with E-state index in [2.05, 4.69) is 5.32 Å². The van der Waals surface area contributed by atoms with Crippen LogP contribution in [0, 0.1) is 5.82 Å². The lowest BCUT2D eigenvalue weighted by molar-refractivity contribution is -0.148. The van der Waals surface area contributed by atoms with E-state index in [1.807, 2.05) is 0 Å². The second kappa shape index (κ2) is 7.69. The largest absolute Gasteiger partial charge is 0.454 e. The Balaban J connectivity index is 1.55. The maximum Gasteiger partial charge on any atom is 0.331 e. The van der Waals surface area contributed by atoms with Crippen LogP contribution in [0.2, 0.25) is 0 Å². The molecule has 7 heteroatoms. The number of benzene rings is 2. The molecule has 0 bridgehead atoms. The number of anilines is 1. The number of ether oxygens (including phenoxy) is 3. The van der Waals surface area contributed by atoms with E-state index in [9.17, 15) is 14.0 Å². The fourth-order valence-corrected chi connectivity index (χ4v) is 2.25. The first kappa shape index (κ1) is 17.5. The number of esters is 1. The SMILES string of the molecule is C[C@@H](OC(=O)/C=C/c1ccccc1F)C(=O)Nc1ccc2c(c1)OCO2. The summed E-state index contributed by atoms with van der Waals surface area (Å²) in [5.74, 6) is -0.579. The molecule has 0 aliphatic carbocycles. The molecule has 0 spiro atoms. The number of nitrogens with one attached hydrogen (secondary N) is 1. The Kier molecular flexibility index (Phi) is 5.17. The van der Waals surface area contributed by atoms with Crippen molar-refractivity contribution in [3.05, 3.63) is 59.9 Å². The van der Waals surface area contributed by atoms with Crippen molar-refractivity contribution in [2.45, 2.75) is 13.0 Å². The zero-order chi connectivity index (χ0) is 18.5. The quantitative estimate of drug-likeness (QED) is 0.657. The molecule has 26 heavy (non-hydrogen) atoms. The highest BCUT2D eigenvalue weighted by Crippen LogP contribution is 2.34. The van der Waals surface area contributed by atoms with E-state index >= 15 is 0 Å². The third-order valence-electron chi connectivity index (χ3n) is 3.61. The van der Waals surface area contributed by atoms with E-state index in [-0.39, 0.29) is 12.4 Å². The van der Waals surface area contributed by atoms with Gasteiger partial charge in [0.05, 0.1) is 0 Å². The molecule has 3 rings (SSSR count). The lowest BCUT2D eigenvalue weighted by Gasteiger charge is -2.12. The molecule has 1 atom stereocenters. The van der Waals surface area contributed by atoms with Crippen LogP contribution in [0.25, 0.3) is 6.08 Å². The third kappa shape index (κ3) is 4.18. The second-order valence-corrected chi connectivity index (χ2v) is 5.49. The maximum absolute atomic E-state index is 13.5. The van der Waals surface area contributed by atoms with Crippen molar-refractivity contribution in [3.63, 3.8) is 0 Å². The molecule has 6 nitrogen and oxygen atoms in total. The highest BCUT2D eigenvalue weighted by Gasteiger charge is 2.19. The van der Waals surface area contributed by atoms with Crippen LogP contribution in [0.3, 0.4) is 0 Å². The summed E-state index contributed by atoms with van der Waals surface area (Å²) in [5.41, 5.74) is 0.742. The van der Waals surface area contributed by atoms with E-state index in [4.69, 9.17) is 14.2 Å². The predicted molar refractivity (Wildman–Crippen MR) is 92.2 cm³/mol. The fourth-order valence-electron chi connectivity index (χ4n) is 2.25. The topological polar surface area (TPSA) is 73.9 Å². The Morgan fingerprint density at radius 3 is 2.77 bits per heavy atom. The third-order valence-corrected chi connectivity index (χ3v) is 3.61. The normalized spacial score (nSPS) is 13.5. The number of hydrogen-bond donors (Lipinski definition) is 1. The lowest BCUT2D eigenvalue weighted by atomic mass is 10.2. The first-order valence-corrected chi connectivity index (χ1v) is 7.86. The summed E-state index contributed by atoms with van der Waals surface area (Å²) in [4.78, 5) is 23.9. The number of carbonyl (C=O) groups excluding carboxylic acids is 2. The van der Waals surface area contributed by atoms with Gasteiger partial charge >= 0.3 is 5.97 Å². The average Bonchev–Trinajstić information content (AvgIpc) is 3.08. The second-order valence-electron chi connectivity index (χ2n) is 5.49. The lowest BCUT2D eigenvalue weighted by Crippen LogP contribution is -2.29. The molecular formula is C19H16FNO5. The smallest absolute Gasteiger partial charge is 0.331 e. The zero-order valence-electron chi connectivity index (χ0n) is 13.9. The van der Waals surface area contributed by atoms with Gasteiger partial charge in [-0.1, -0.05) is 18.2 Å². The van der Waals surface area contributed by atoms with Crippen LogP contribution < -0.4 is 14.8 Å². The summed E-state index contributed by atoms with van der Waals surface area (Å²) >= 11 is 0. The minimum atomic E-state index is -1.03. The van der Waals surface area contributed by atoms with Gasteiger partial charge in [0.2, 0.25) is 6.79 Å². The van der Waals surface area contributed by atoms with Gasteiger partial charge in [-0.05, 0) is 31.2 Å². The summed E-state index contributed by atoms with van der Waals surface area (Å²) in [6.07, 6.45) is 1.33. The number of hydrogen-bond acceptors (Lipinski definition) is 5. The summed E-state index contributed by atoms with van der Waals surface area (Å²) in [6.45, 7) is 1.58. The van der Waals surface area contributed by atoms with Gasteiger partial charge in [-0.15, -0.1) is 0 Å². The highest BCUT2D eigenvalue weighted by atomic mass is 19.1. The zero-order valence-corrected chi connectivity index (χ0v) is 13.9. The molecule has 0 aromatic heterocycles. The molecule has 0 fully saturated rings. The fraction of sp³-hybridized carbons (Fsp3) is 0.158. The molecular weight excluding hydrogens is 341 g/mol. The van der Waals surface area contributed by atoms with Gasteiger partial charge in [0, 0.05) is 23.4 Å². The first-order chi connectivity index (χ1) is 12.5.